The zero-order valence-electron chi connectivity index (χ0n) is 18.3. The first-order valence-electron chi connectivity index (χ1n) is 10.4. The molecule has 0 saturated heterocycles. The predicted molar refractivity (Wildman–Crippen MR) is 115 cm³/mol. The highest BCUT2D eigenvalue weighted by Gasteiger charge is 2.31. The van der Waals surface area contributed by atoms with E-state index in [0.717, 1.165) is 24.3 Å². The average Bonchev–Trinajstić information content (AvgIpc) is 2.81. The first-order valence-corrected chi connectivity index (χ1v) is 10.4. The van der Waals surface area contributed by atoms with Crippen molar-refractivity contribution in [3.05, 3.63) is 77.4 Å². The molecule has 0 fully saturated rings. The Balaban J connectivity index is 2.14. The number of alkyl halides is 6. The highest BCUT2D eigenvalue weighted by Crippen LogP contribution is 2.35. The Morgan fingerprint density at radius 3 is 1.56 bits per heavy atom. The van der Waals surface area contributed by atoms with E-state index in [1.165, 1.54) is 31.4 Å². The zero-order valence-corrected chi connectivity index (χ0v) is 18.3. The molecule has 1 atom stereocenters. The number of methoxy groups -OCH3 is 1. The first-order chi connectivity index (χ1) is 15.9. The fraction of sp³-hybridized carbons (Fsp3) is 0.280. The summed E-state index contributed by atoms with van der Waals surface area (Å²) in [5, 5.41) is 0. The Labute approximate surface area is 192 Å². The van der Waals surface area contributed by atoms with Crippen LogP contribution in [0.25, 0.3) is 22.5 Å². The predicted octanol–water partition coefficient (Wildman–Crippen LogP) is 7.51. The Bertz CT molecular complexity index is 1060. The van der Waals surface area contributed by atoms with Crippen molar-refractivity contribution in [2.75, 3.05) is 7.11 Å². The van der Waals surface area contributed by atoms with Gasteiger partial charge in [0.25, 0.3) is 0 Å². The number of carbonyl (C=O) groups is 1. The van der Waals surface area contributed by atoms with E-state index in [1.807, 2.05) is 6.92 Å². The largest absolute Gasteiger partial charge is 0.469 e. The van der Waals surface area contributed by atoms with Gasteiger partial charge in [-0.15, -0.1) is 0 Å². The third-order valence-electron chi connectivity index (χ3n) is 5.33. The number of aromatic nitrogens is 1. The summed E-state index contributed by atoms with van der Waals surface area (Å²) in [6.07, 6.45) is -7.92. The minimum atomic E-state index is -4.50. The molecule has 1 unspecified atom stereocenters. The van der Waals surface area contributed by atoms with E-state index in [-0.39, 0.29) is 11.4 Å². The van der Waals surface area contributed by atoms with Gasteiger partial charge in [0.15, 0.2) is 0 Å². The molecule has 9 heteroatoms. The molecule has 0 N–H and O–H groups in total. The number of pyridine rings is 1. The van der Waals surface area contributed by atoms with Gasteiger partial charge in [-0.25, -0.2) is 4.98 Å². The molecule has 0 saturated carbocycles. The van der Waals surface area contributed by atoms with Crippen LogP contribution in [-0.2, 0) is 21.9 Å². The summed E-state index contributed by atoms with van der Waals surface area (Å²) in [6, 6.07) is 11.9. The second-order valence-corrected chi connectivity index (χ2v) is 7.69. The molecule has 2 aromatic carbocycles. The molecular formula is C25H21F6NO2. The Morgan fingerprint density at radius 2 is 1.24 bits per heavy atom. The standard InChI is InChI=1S/C25H21F6NO2/c1-3-4-20(23(33)34-2)17-13-21(15-5-9-18(10-6-15)24(26,27)28)32-22(14-17)16-7-11-19(12-8-16)25(29,30)31/h5-14,20H,3-4H2,1-2H3. The summed E-state index contributed by atoms with van der Waals surface area (Å²) >= 11 is 0. The van der Waals surface area contributed by atoms with E-state index in [4.69, 9.17) is 4.74 Å². The fourth-order valence-electron chi connectivity index (χ4n) is 3.56. The van der Waals surface area contributed by atoms with Gasteiger partial charge < -0.3 is 4.74 Å². The van der Waals surface area contributed by atoms with E-state index in [1.54, 1.807) is 12.1 Å². The summed E-state index contributed by atoms with van der Waals surface area (Å²) in [5.74, 6) is -1.16. The number of hydrogen-bond donors (Lipinski definition) is 0. The smallest absolute Gasteiger partial charge is 0.416 e. The second-order valence-electron chi connectivity index (χ2n) is 7.69. The lowest BCUT2D eigenvalue weighted by Gasteiger charge is -2.17. The zero-order chi connectivity index (χ0) is 25.1. The van der Waals surface area contributed by atoms with Gasteiger partial charge in [0.05, 0.1) is 35.5 Å². The summed E-state index contributed by atoms with van der Waals surface area (Å²) in [7, 11) is 1.25. The van der Waals surface area contributed by atoms with Gasteiger partial charge >= 0.3 is 18.3 Å². The van der Waals surface area contributed by atoms with Crippen molar-refractivity contribution < 1.29 is 35.9 Å². The number of ether oxygens (including phenoxy) is 1. The summed E-state index contributed by atoms with van der Waals surface area (Å²) < 4.78 is 82.7. The molecule has 180 valence electrons. The third kappa shape index (κ3) is 5.76. The quantitative estimate of drug-likeness (QED) is 0.270. The number of benzene rings is 2. The second kappa shape index (κ2) is 9.87. The van der Waals surface area contributed by atoms with Gasteiger partial charge in [0, 0.05) is 11.1 Å². The number of carbonyl (C=O) groups excluding carboxylic acids is 1. The molecule has 0 aliphatic rings. The maximum atomic E-state index is 13.0. The van der Waals surface area contributed by atoms with Gasteiger partial charge in [0.1, 0.15) is 0 Å². The molecule has 1 heterocycles. The molecule has 0 spiro atoms. The molecule has 0 bridgehead atoms. The fourth-order valence-corrected chi connectivity index (χ4v) is 3.56. The van der Waals surface area contributed by atoms with E-state index in [2.05, 4.69) is 4.98 Å². The van der Waals surface area contributed by atoms with Crippen LogP contribution < -0.4 is 0 Å². The Morgan fingerprint density at radius 1 is 0.824 bits per heavy atom. The summed E-state index contributed by atoms with van der Waals surface area (Å²) in [4.78, 5) is 16.9. The maximum absolute atomic E-state index is 13.0. The van der Waals surface area contributed by atoms with E-state index >= 15 is 0 Å². The number of esters is 1. The molecule has 0 aliphatic carbocycles. The SMILES string of the molecule is CCCC(C(=O)OC)c1cc(-c2ccc(C(F)(F)F)cc2)nc(-c2ccc(C(F)(F)F)cc2)c1. The molecule has 34 heavy (non-hydrogen) atoms. The van der Waals surface area contributed by atoms with E-state index < -0.39 is 35.4 Å². The molecule has 0 aliphatic heterocycles. The molecule has 0 radical (unpaired) electrons. The summed E-state index contributed by atoms with van der Waals surface area (Å²) in [5.41, 5.74) is 0.152. The van der Waals surface area contributed by atoms with Gasteiger partial charge in [-0.05, 0) is 48.4 Å². The monoisotopic (exact) mass is 481 g/mol. The van der Waals surface area contributed by atoms with Crippen LogP contribution in [0.3, 0.4) is 0 Å². The van der Waals surface area contributed by atoms with Crippen LogP contribution in [0.5, 0.6) is 0 Å². The summed E-state index contributed by atoms with van der Waals surface area (Å²) in [6.45, 7) is 1.88. The van der Waals surface area contributed by atoms with Crippen LogP contribution in [0.4, 0.5) is 26.3 Å². The molecule has 1 aromatic heterocycles. The van der Waals surface area contributed by atoms with Crippen LogP contribution >= 0.6 is 0 Å². The third-order valence-corrected chi connectivity index (χ3v) is 5.33. The number of rotatable bonds is 6. The molecule has 0 amide bonds. The van der Waals surface area contributed by atoms with Crippen molar-refractivity contribution in [3.63, 3.8) is 0 Å². The van der Waals surface area contributed by atoms with Crippen molar-refractivity contribution in [1.82, 2.24) is 4.98 Å². The van der Waals surface area contributed by atoms with Crippen molar-refractivity contribution >= 4 is 5.97 Å². The topological polar surface area (TPSA) is 39.2 Å². The van der Waals surface area contributed by atoms with Gasteiger partial charge in [0.2, 0.25) is 0 Å². The van der Waals surface area contributed by atoms with E-state index in [9.17, 15) is 31.1 Å². The van der Waals surface area contributed by atoms with Crippen LogP contribution in [0.1, 0.15) is 42.4 Å². The Hall–Kier alpha value is -3.36. The first kappa shape index (κ1) is 25.3. The number of halogens is 6. The normalized spacial score (nSPS) is 12.9. The van der Waals surface area contributed by atoms with Gasteiger partial charge in [-0.3, -0.25) is 4.79 Å². The lowest BCUT2D eigenvalue weighted by molar-refractivity contribution is -0.142. The maximum Gasteiger partial charge on any atom is 0.416 e. The Kier molecular flexibility index (Phi) is 7.33. The van der Waals surface area contributed by atoms with Crippen LogP contribution in [0.15, 0.2) is 60.7 Å². The van der Waals surface area contributed by atoms with E-state index in [0.29, 0.717) is 29.5 Å². The molecule has 3 rings (SSSR count). The average molecular weight is 481 g/mol. The number of nitrogens with zero attached hydrogens (tertiary/aromatic N) is 1. The van der Waals surface area contributed by atoms with Crippen molar-refractivity contribution in [2.45, 2.75) is 38.0 Å². The van der Waals surface area contributed by atoms with Crippen molar-refractivity contribution in [2.24, 2.45) is 0 Å². The minimum Gasteiger partial charge on any atom is -0.469 e. The minimum absolute atomic E-state index is 0.283. The van der Waals surface area contributed by atoms with Crippen molar-refractivity contribution in [1.29, 1.82) is 0 Å². The highest BCUT2D eigenvalue weighted by atomic mass is 19.4. The lowest BCUT2D eigenvalue weighted by Crippen LogP contribution is -2.14. The van der Waals surface area contributed by atoms with Crippen LogP contribution in [-0.4, -0.2) is 18.1 Å². The van der Waals surface area contributed by atoms with Gasteiger partial charge in [-0.2, -0.15) is 26.3 Å². The number of hydrogen-bond acceptors (Lipinski definition) is 3. The van der Waals surface area contributed by atoms with Gasteiger partial charge in [-0.1, -0.05) is 37.6 Å². The lowest BCUT2D eigenvalue weighted by atomic mass is 9.92. The highest BCUT2D eigenvalue weighted by molar-refractivity contribution is 5.80. The molecule has 3 nitrogen and oxygen atoms in total. The van der Waals surface area contributed by atoms with Crippen LogP contribution in [0.2, 0.25) is 0 Å². The molecule has 3 aromatic rings. The van der Waals surface area contributed by atoms with Crippen molar-refractivity contribution in [3.8, 4) is 22.5 Å². The van der Waals surface area contributed by atoms with Crippen LogP contribution in [0, 0.1) is 0 Å². The molecular weight excluding hydrogens is 460 g/mol.